The summed E-state index contributed by atoms with van der Waals surface area (Å²) < 4.78 is 13.4. The quantitative estimate of drug-likeness (QED) is 0.683. The van der Waals surface area contributed by atoms with Gasteiger partial charge in [-0.15, -0.1) is 0 Å². The zero-order valence-electron chi connectivity index (χ0n) is 10.3. The molecular formula is C13H14FN3S. The molecule has 2 aromatic rings. The normalized spacial score (nSPS) is 10.6. The Bertz CT molecular complexity index is 552. The standard InChI is InChI=1S/C13H14FN3S/c1-8-3-9(2)5-10(4-8)7-18-12-11(14)6-16-13(15)17-12/h3-6H,7H2,1-2H3,(H2,15,16,17). The smallest absolute Gasteiger partial charge is 0.221 e. The molecule has 0 amide bonds. The largest absolute Gasteiger partial charge is 0.368 e. The van der Waals surface area contributed by atoms with E-state index in [1.807, 2.05) is 13.8 Å². The highest BCUT2D eigenvalue weighted by Gasteiger charge is 2.07. The van der Waals surface area contributed by atoms with Gasteiger partial charge in [-0.1, -0.05) is 41.1 Å². The van der Waals surface area contributed by atoms with Crippen molar-refractivity contribution in [3.05, 3.63) is 46.9 Å². The van der Waals surface area contributed by atoms with Crippen molar-refractivity contribution in [2.75, 3.05) is 5.73 Å². The van der Waals surface area contributed by atoms with Gasteiger partial charge in [-0.3, -0.25) is 0 Å². The Kier molecular flexibility index (Phi) is 3.81. The van der Waals surface area contributed by atoms with Crippen molar-refractivity contribution in [1.29, 1.82) is 0 Å². The predicted molar refractivity (Wildman–Crippen MR) is 71.9 cm³/mol. The highest BCUT2D eigenvalue weighted by atomic mass is 32.2. The van der Waals surface area contributed by atoms with Gasteiger partial charge in [-0.25, -0.2) is 14.4 Å². The summed E-state index contributed by atoms with van der Waals surface area (Å²) in [6, 6.07) is 6.28. The lowest BCUT2D eigenvalue weighted by Crippen LogP contribution is -1.98. The van der Waals surface area contributed by atoms with Gasteiger partial charge in [0.2, 0.25) is 5.95 Å². The van der Waals surface area contributed by atoms with Gasteiger partial charge < -0.3 is 5.73 Å². The molecule has 1 aromatic carbocycles. The van der Waals surface area contributed by atoms with Gasteiger partial charge in [0.1, 0.15) is 5.03 Å². The first-order chi connectivity index (χ1) is 8.54. The third kappa shape index (κ3) is 3.20. The molecule has 0 atom stereocenters. The van der Waals surface area contributed by atoms with Crippen molar-refractivity contribution < 1.29 is 4.39 Å². The predicted octanol–water partition coefficient (Wildman–Crippen LogP) is 3.11. The molecule has 0 bridgehead atoms. The second-order valence-electron chi connectivity index (χ2n) is 4.17. The second kappa shape index (κ2) is 5.35. The van der Waals surface area contributed by atoms with E-state index < -0.39 is 5.82 Å². The van der Waals surface area contributed by atoms with Crippen molar-refractivity contribution in [3.63, 3.8) is 0 Å². The molecule has 0 unspecified atom stereocenters. The fourth-order valence-corrected chi connectivity index (χ4v) is 2.59. The number of hydrogen-bond acceptors (Lipinski definition) is 4. The van der Waals surface area contributed by atoms with Crippen LogP contribution in [0.3, 0.4) is 0 Å². The average Bonchev–Trinajstić information content (AvgIpc) is 2.29. The third-order valence-electron chi connectivity index (χ3n) is 2.39. The zero-order chi connectivity index (χ0) is 13.1. The molecular weight excluding hydrogens is 249 g/mol. The molecule has 2 N–H and O–H groups in total. The van der Waals surface area contributed by atoms with Crippen LogP contribution in [0.15, 0.2) is 29.4 Å². The Balaban J connectivity index is 2.13. The molecule has 0 aliphatic rings. The molecule has 0 spiro atoms. The van der Waals surface area contributed by atoms with E-state index in [0.717, 1.165) is 11.8 Å². The summed E-state index contributed by atoms with van der Waals surface area (Å²) >= 11 is 1.33. The molecule has 0 aliphatic heterocycles. The van der Waals surface area contributed by atoms with Gasteiger partial charge in [-0.2, -0.15) is 0 Å². The van der Waals surface area contributed by atoms with Crippen molar-refractivity contribution in [2.24, 2.45) is 0 Å². The Morgan fingerprint density at radius 3 is 2.56 bits per heavy atom. The molecule has 1 aromatic heterocycles. The molecule has 1 heterocycles. The van der Waals surface area contributed by atoms with Crippen LogP contribution >= 0.6 is 11.8 Å². The maximum Gasteiger partial charge on any atom is 0.221 e. The Morgan fingerprint density at radius 1 is 1.22 bits per heavy atom. The van der Waals surface area contributed by atoms with E-state index in [4.69, 9.17) is 5.73 Å². The lowest BCUT2D eigenvalue weighted by Gasteiger charge is -2.05. The molecule has 94 valence electrons. The fourth-order valence-electron chi connectivity index (χ4n) is 1.77. The number of benzene rings is 1. The van der Waals surface area contributed by atoms with E-state index in [2.05, 4.69) is 28.2 Å². The zero-order valence-corrected chi connectivity index (χ0v) is 11.1. The molecule has 2 rings (SSSR count). The molecule has 0 saturated carbocycles. The van der Waals surface area contributed by atoms with E-state index in [1.54, 1.807) is 0 Å². The van der Waals surface area contributed by atoms with E-state index in [-0.39, 0.29) is 5.95 Å². The number of aryl methyl sites for hydroxylation is 2. The van der Waals surface area contributed by atoms with Crippen LogP contribution in [0.4, 0.5) is 10.3 Å². The number of thioether (sulfide) groups is 1. The molecule has 0 radical (unpaired) electrons. The lowest BCUT2D eigenvalue weighted by molar-refractivity contribution is 0.580. The highest BCUT2D eigenvalue weighted by Crippen LogP contribution is 2.24. The number of halogens is 1. The summed E-state index contributed by atoms with van der Waals surface area (Å²) in [6.45, 7) is 4.09. The number of aromatic nitrogens is 2. The van der Waals surface area contributed by atoms with Gasteiger partial charge in [0, 0.05) is 5.75 Å². The number of nitrogens with zero attached hydrogens (tertiary/aromatic N) is 2. The summed E-state index contributed by atoms with van der Waals surface area (Å²) in [5.74, 6) is 0.327. The van der Waals surface area contributed by atoms with Gasteiger partial charge in [0.15, 0.2) is 5.82 Å². The highest BCUT2D eigenvalue weighted by molar-refractivity contribution is 7.98. The van der Waals surface area contributed by atoms with Crippen molar-refractivity contribution >= 4 is 17.7 Å². The minimum atomic E-state index is -0.432. The van der Waals surface area contributed by atoms with E-state index in [9.17, 15) is 4.39 Å². The summed E-state index contributed by atoms with van der Waals surface area (Å²) in [5.41, 5.74) is 8.99. The van der Waals surface area contributed by atoms with E-state index >= 15 is 0 Å². The molecule has 0 aliphatic carbocycles. The first kappa shape index (κ1) is 12.8. The maximum absolute atomic E-state index is 13.4. The monoisotopic (exact) mass is 263 g/mol. The third-order valence-corrected chi connectivity index (χ3v) is 3.42. The van der Waals surface area contributed by atoms with Gasteiger partial charge in [0.25, 0.3) is 0 Å². The number of rotatable bonds is 3. The van der Waals surface area contributed by atoms with Crippen LogP contribution in [0.2, 0.25) is 0 Å². The first-order valence-corrected chi connectivity index (χ1v) is 6.51. The van der Waals surface area contributed by atoms with Crippen LogP contribution in [-0.4, -0.2) is 9.97 Å². The first-order valence-electron chi connectivity index (χ1n) is 5.52. The topological polar surface area (TPSA) is 51.8 Å². The Labute approximate surface area is 110 Å². The summed E-state index contributed by atoms with van der Waals surface area (Å²) in [6.07, 6.45) is 1.10. The van der Waals surface area contributed by atoms with E-state index in [0.29, 0.717) is 10.8 Å². The SMILES string of the molecule is Cc1cc(C)cc(CSc2nc(N)ncc2F)c1. The Hall–Kier alpha value is -1.62. The summed E-state index contributed by atoms with van der Waals surface area (Å²) in [4.78, 5) is 7.49. The molecule has 3 nitrogen and oxygen atoms in total. The van der Waals surface area contributed by atoms with Crippen LogP contribution < -0.4 is 5.73 Å². The Morgan fingerprint density at radius 2 is 1.89 bits per heavy atom. The molecule has 0 saturated heterocycles. The molecule has 18 heavy (non-hydrogen) atoms. The van der Waals surface area contributed by atoms with Gasteiger partial charge in [-0.05, 0) is 19.4 Å². The van der Waals surface area contributed by atoms with Crippen LogP contribution in [0, 0.1) is 19.7 Å². The van der Waals surface area contributed by atoms with Gasteiger partial charge >= 0.3 is 0 Å². The number of hydrogen-bond donors (Lipinski definition) is 1. The maximum atomic E-state index is 13.4. The number of nitrogen functional groups attached to an aromatic ring is 1. The minimum absolute atomic E-state index is 0.0966. The number of anilines is 1. The average molecular weight is 263 g/mol. The molecule has 0 fully saturated rings. The van der Waals surface area contributed by atoms with Crippen molar-refractivity contribution in [2.45, 2.75) is 24.6 Å². The minimum Gasteiger partial charge on any atom is -0.368 e. The summed E-state index contributed by atoms with van der Waals surface area (Å²) in [5, 5.41) is 0.293. The summed E-state index contributed by atoms with van der Waals surface area (Å²) in [7, 11) is 0. The van der Waals surface area contributed by atoms with Gasteiger partial charge in [0.05, 0.1) is 6.20 Å². The molecule has 5 heteroatoms. The van der Waals surface area contributed by atoms with E-state index in [1.165, 1.54) is 22.9 Å². The second-order valence-corrected chi connectivity index (χ2v) is 5.13. The lowest BCUT2D eigenvalue weighted by atomic mass is 10.1. The van der Waals surface area contributed by atoms with Crippen LogP contribution in [0.5, 0.6) is 0 Å². The number of nitrogens with two attached hydrogens (primary N) is 1. The fraction of sp³-hybridized carbons (Fsp3) is 0.231. The van der Waals surface area contributed by atoms with Crippen LogP contribution in [0.1, 0.15) is 16.7 Å². The van der Waals surface area contributed by atoms with Crippen molar-refractivity contribution in [3.8, 4) is 0 Å². The van der Waals surface area contributed by atoms with Crippen LogP contribution in [-0.2, 0) is 5.75 Å². The van der Waals surface area contributed by atoms with Crippen LogP contribution in [0.25, 0.3) is 0 Å². The van der Waals surface area contributed by atoms with Crippen molar-refractivity contribution in [1.82, 2.24) is 9.97 Å².